The van der Waals surface area contributed by atoms with Crippen LogP contribution in [0.1, 0.15) is 34.8 Å². The minimum Gasteiger partial charge on any atom is -0.477 e. The molecule has 0 bridgehead atoms. The number of hydrogen-bond acceptors (Lipinski definition) is 7. The maximum Gasteiger partial charge on any atom is 0.414 e. The zero-order valence-corrected chi connectivity index (χ0v) is 26.7. The van der Waals surface area contributed by atoms with Gasteiger partial charge in [0.15, 0.2) is 0 Å². The first-order valence-electron chi connectivity index (χ1n) is 16.2. The van der Waals surface area contributed by atoms with Crippen molar-refractivity contribution < 1.29 is 37.4 Å². The number of benzene rings is 3. The van der Waals surface area contributed by atoms with Gasteiger partial charge in [0.1, 0.15) is 29.1 Å². The van der Waals surface area contributed by atoms with Gasteiger partial charge in [-0.25, -0.2) is 22.8 Å². The number of fused-ring (bicyclic) bond motifs is 1. The lowest BCUT2D eigenvalue weighted by molar-refractivity contribution is -0.116. The number of carbonyl (C=O) groups is 3. The maximum atomic E-state index is 15.5. The van der Waals surface area contributed by atoms with Crippen LogP contribution in [0.2, 0.25) is 0 Å². The molecule has 50 heavy (non-hydrogen) atoms. The zero-order chi connectivity index (χ0) is 35.1. The monoisotopic (exact) mass is 687 g/mol. The van der Waals surface area contributed by atoms with Crippen LogP contribution in [0.3, 0.4) is 0 Å². The number of aromatic carboxylic acids is 1. The number of anilines is 3. The maximum absolute atomic E-state index is 15.5. The second-order valence-electron chi connectivity index (χ2n) is 12.5. The van der Waals surface area contributed by atoms with Crippen LogP contribution in [0, 0.1) is 17.5 Å². The molecule has 1 saturated carbocycles. The van der Waals surface area contributed by atoms with E-state index in [9.17, 15) is 28.7 Å². The minimum absolute atomic E-state index is 0.0208. The van der Waals surface area contributed by atoms with E-state index in [0.717, 1.165) is 18.9 Å². The topological polar surface area (TPSA) is 124 Å². The Hall–Kier alpha value is -5.79. The predicted octanol–water partition coefficient (Wildman–Crippen LogP) is 4.93. The number of pyridine rings is 1. The van der Waals surface area contributed by atoms with Crippen LogP contribution in [0.25, 0.3) is 17.0 Å². The van der Waals surface area contributed by atoms with Crippen LogP contribution >= 0.6 is 0 Å². The zero-order valence-electron chi connectivity index (χ0n) is 26.7. The first kappa shape index (κ1) is 32.7. The molecule has 3 aliphatic rings. The van der Waals surface area contributed by atoms with E-state index in [1.54, 1.807) is 22.8 Å². The first-order valence-corrected chi connectivity index (χ1v) is 16.2. The molecule has 3 aromatic carbocycles. The Balaban J connectivity index is 0.978. The second-order valence-corrected chi connectivity index (χ2v) is 12.5. The van der Waals surface area contributed by atoms with Gasteiger partial charge in [-0.05, 0) is 66.9 Å². The van der Waals surface area contributed by atoms with E-state index in [-0.39, 0.29) is 36.0 Å². The summed E-state index contributed by atoms with van der Waals surface area (Å²) in [6, 6.07) is 12.8. The third-order valence-corrected chi connectivity index (χ3v) is 9.15. The van der Waals surface area contributed by atoms with E-state index in [2.05, 4.69) is 5.32 Å². The Kier molecular flexibility index (Phi) is 8.68. The van der Waals surface area contributed by atoms with Gasteiger partial charge in [0.25, 0.3) is 0 Å². The number of carbonyl (C=O) groups excluding carboxylic acids is 2. The highest BCUT2D eigenvalue weighted by atomic mass is 19.1. The van der Waals surface area contributed by atoms with Crippen LogP contribution in [-0.4, -0.2) is 73.0 Å². The lowest BCUT2D eigenvalue weighted by Gasteiger charge is -2.37. The summed E-state index contributed by atoms with van der Waals surface area (Å²) < 4.78 is 51.1. The number of halogens is 3. The van der Waals surface area contributed by atoms with Crippen molar-refractivity contribution >= 4 is 52.0 Å². The molecular weight excluding hydrogens is 655 g/mol. The van der Waals surface area contributed by atoms with Crippen LogP contribution in [-0.2, 0) is 9.53 Å². The largest absolute Gasteiger partial charge is 0.477 e. The molecule has 4 aromatic rings. The summed E-state index contributed by atoms with van der Waals surface area (Å²) in [5.41, 5.74) is 0.907. The molecule has 14 heteroatoms. The molecule has 0 radical (unpaired) electrons. The number of rotatable bonds is 9. The molecule has 0 spiro atoms. The number of cyclic esters (lactones) is 1. The van der Waals surface area contributed by atoms with E-state index in [0.29, 0.717) is 48.6 Å². The van der Waals surface area contributed by atoms with Crippen molar-refractivity contribution in [3.05, 3.63) is 106 Å². The van der Waals surface area contributed by atoms with E-state index in [1.165, 1.54) is 53.6 Å². The molecule has 7 rings (SSSR count). The minimum atomic E-state index is -1.35. The summed E-state index contributed by atoms with van der Waals surface area (Å²) in [6.45, 7) is 1.58. The van der Waals surface area contributed by atoms with Crippen molar-refractivity contribution in [1.29, 1.82) is 0 Å². The van der Waals surface area contributed by atoms with Gasteiger partial charge in [0.2, 0.25) is 11.3 Å². The number of nitrogens with zero attached hydrogens (tertiary/aromatic N) is 4. The molecule has 2 aliphatic heterocycles. The SMILES string of the molecule is O=C(/C=C/c1ccc(F)cc1)NC[C@H]1CN(c2ccc(N3CCN(c4cc5c(cc4F)c(=O)c(C(=O)O)cn5C4CC4)CC3)c(F)c2)C(=O)O1. The molecule has 2 saturated heterocycles. The number of ether oxygens (including phenoxy) is 1. The smallest absolute Gasteiger partial charge is 0.414 e. The molecule has 1 aliphatic carbocycles. The van der Waals surface area contributed by atoms with Gasteiger partial charge in [0, 0.05) is 49.9 Å². The average molecular weight is 688 g/mol. The van der Waals surface area contributed by atoms with E-state index >= 15 is 8.78 Å². The van der Waals surface area contributed by atoms with Gasteiger partial charge in [-0.2, -0.15) is 0 Å². The average Bonchev–Trinajstić information content (AvgIpc) is 3.88. The standard InChI is InChI=1S/C36H32F3N5O6/c37-22-4-1-21(2-5-22)3-10-33(45)40-18-25-19-44(36(49)50-25)24-8-9-30(28(38)15-24)41-11-13-42(14-12-41)32-17-31-26(16-29(32)39)34(46)27(35(47)48)20-43(31)23-6-7-23/h1-5,8-10,15-17,20,23,25H,6-7,11-14,18-19H2,(H,40,45)(H,47,48)/b10-3+/t25-/m0/s1. The summed E-state index contributed by atoms with van der Waals surface area (Å²) in [4.78, 5) is 54.3. The lowest BCUT2D eigenvalue weighted by Crippen LogP contribution is -2.47. The highest BCUT2D eigenvalue weighted by molar-refractivity contribution is 5.94. The third kappa shape index (κ3) is 6.60. The normalized spacial score (nSPS) is 17.9. The van der Waals surface area contributed by atoms with Crippen molar-refractivity contribution in [3.8, 4) is 0 Å². The number of piperazine rings is 1. The number of hydrogen-bond donors (Lipinski definition) is 2. The molecule has 2 amide bonds. The van der Waals surface area contributed by atoms with Gasteiger partial charge >= 0.3 is 12.1 Å². The Morgan fingerprint density at radius 3 is 2.24 bits per heavy atom. The molecule has 258 valence electrons. The fourth-order valence-corrected chi connectivity index (χ4v) is 6.37. The number of carboxylic acids is 1. The van der Waals surface area contributed by atoms with Crippen molar-refractivity contribution in [2.24, 2.45) is 0 Å². The highest BCUT2D eigenvalue weighted by Crippen LogP contribution is 2.38. The van der Waals surface area contributed by atoms with Crippen molar-refractivity contribution in [2.75, 3.05) is 54.0 Å². The fourth-order valence-electron chi connectivity index (χ4n) is 6.37. The summed E-state index contributed by atoms with van der Waals surface area (Å²) in [5.74, 6) is -3.35. The molecule has 0 unspecified atom stereocenters. The number of aromatic nitrogens is 1. The summed E-state index contributed by atoms with van der Waals surface area (Å²) in [7, 11) is 0. The molecule has 1 aromatic heterocycles. The fraction of sp³-hybridized carbons (Fsp3) is 0.278. The van der Waals surface area contributed by atoms with Crippen LogP contribution in [0.4, 0.5) is 35.0 Å². The summed E-state index contributed by atoms with van der Waals surface area (Å²) >= 11 is 0. The third-order valence-electron chi connectivity index (χ3n) is 9.15. The Morgan fingerprint density at radius 2 is 1.58 bits per heavy atom. The highest BCUT2D eigenvalue weighted by Gasteiger charge is 2.33. The summed E-state index contributed by atoms with van der Waals surface area (Å²) in [6.07, 6.45) is 4.51. The Morgan fingerprint density at radius 1 is 0.900 bits per heavy atom. The first-order chi connectivity index (χ1) is 24.0. The van der Waals surface area contributed by atoms with E-state index < -0.39 is 46.7 Å². The van der Waals surface area contributed by atoms with E-state index in [1.807, 2.05) is 9.80 Å². The molecule has 2 N–H and O–H groups in total. The molecule has 11 nitrogen and oxygen atoms in total. The summed E-state index contributed by atoms with van der Waals surface area (Å²) in [5, 5.41) is 12.2. The van der Waals surface area contributed by atoms with Gasteiger partial charge < -0.3 is 29.5 Å². The molecule has 3 heterocycles. The Labute approximate surface area is 283 Å². The van der Waals surface area contributed by atoms with Crippen molar-refractivity contribution in [1.82, 2.24) is 9.88 Å². The van der Waals surface area contributed by atoms with Gasteiger partial charge in [-0.3, -0.25) is 14.5 Å². The molecule has 3 fully saturated rings. The number of amides is 2. The van der Waals surface area contributed by atoms with Crippen LogP contribution < -0.4 is 25.4 Å². The van der Waals surface area contributed by atoms with Crippen LogP contribution in [0.5, 0.6) is 0 Å². The van der Waals surface area contributed by atoms with Crippen molar-refractivity contribution in [3.63, 3.8) is 0 Å². The number of nitrogens with one attached hydrogen (secondary N) is 1. The Bertz CT molecular complexity index is 2090. The quantitative estimate of drug-likeness (QED) is 0.238. The van der Waals surface area contributed by atoms with Crippen LogP contribution in [0.15, 0.2) is 71.7 Å². The van der Waals surface area contributed by atoms with Crippen molar-refractivity contribution in [2.45, 2.75) is 25.0 Å². The number of carboxylic acid groups (broad SMARTS) is 1. The molecule has 1 atom stereocenters. The van der Waals surface area contributed by atoms with E-state index in [4.69, 9.17) is 4.74 Å². The lowest BCUT2D eigenvalue weighted by atomic mass is 10.1. The van der Waals surface area contributed by atoms with Gasteiger partial charge in [0.05, 0.1) is 35.7 Å². The molecular formula is C36H32F3N5O6. The predicted molar refractivity (Wildman–Crippen MR) is 180 cm³/mol. The van der Waals surface area contributed by atoms with Gasteiger partial charge in [-0.15, -0.1) is 0 Å². The second kappa shape index (κ2) is 13.3. The van der Waals surface area contributed by atoms with Gasteiger partial charge in [-0.1, -0.05) is 12.1 Å².